The highest BCUT2D eigenvalue weighted by atomic mass is 32.2. The lowest BCUT2D eigenvalue weighted by Crippen LogP contribution is -2.31. The van der Waals surface area contributed by atoms with Crippen molar-refractivity contribution < 1.29 is 14.3 Å². The van der Waals surface area contributed by atoms with Gasteiger partial charge >= 0.3 is 0 Å². The molecule has 2 amide bonds. The van der Waals surface area contributed by atoms with Gasteiger partial charge in [-0.1, -0.05) is 42.1 Å². The van der Waals surface area contributed by atoms with Crippen molar-refractivity contribution in [2.75, 3.05) is 17.7 Å². The minimum Gasteiger partial charge on any atom is -0.494 e. The number of nitrogens with zero attached hydrogens (tertiary/aromatic N) is 1. The van der Waals surface area contributed by atoms with Gasteiger partial charge in [-0.3, -0.25) is 9.59 Å². The fourth-order valence-electron chi connectivity index (χ4n) is 3.51. The Hall–Kier alpha value is -3.24. The van der Waals surface area contributed by atoms with Crippen molar-refractivity contribution in [2.24, 2.45) is 0 Å². The van der Waals surface area contributed by atoms with Gasteiger partial charge in [0.2, 0.25) is 11.8 Å². The van der Waals surface area contributed by atoms with Crippen LogP contribution in [0.2, 0.25) is 0 Å². The number of amides is 2. The Morgan fingerprint density at radius 2 is 1.90 bits per heavy atom. The molecular weight excluding hydrogens is 410 g/mol. The molecule has 0 spiro atoms. The van der Waals surface area contributed by atoms with Crippen LogP contribution in [0, 0.1) is 25.2 Å². The van der Waals surface area contributed by atoms with Gasteiger partial charge in [-0.05, 0) is 49.6 Å². The third kappa shape index (κ3) is 5.47. The lowest BCUT2D eigenvalue weighted by molar-refractivity contribution is -0.121. The van der Waals surface area contributed by atoms with E-state index in [-0.39, 0.29) is 29.9 Å². The molecule has 0 saturated carbocycles. The number of allylic oxidation sites excluding steroid dienone is 1. The fourth-order valence-corrected chi connectivity index (χ4v) is 4.38. The molecular formula is C24H25N3O3S. The standard InChI is InChI=1S/C24H25N3O3S/c1-4-30-18-10-8-17(9-11-18)19-12-21(28)27-24(20(19)13-25)31-14-22(29)26-23-15(2)6-5-7-16(23)3/h5-11,19H,4,12,14H2,1-3H3,(H,26,29)(H,27,28)/t19-/m0/s1. The smallest absolute Gasteiger partial charge is 0.234 e. The second-order valence-electron chi connectivity index (χ2n) is 7.27. The number of aryl methyl sites for hydroxylation is 2. The first-order valence-electron chi connectivity index (χ1n) is 10.1. The van der Waals surface area contributed by atoms with Crippen molar-refractivity contribution in [3.05, 3.63) is 69.8 Å². The van der Waals surface area contributed by atoms with Gasteiger partial charge in [0.1, 0.15) is 5.75 Å². The summed E-state index contributed by atoms with van der Waals surface area (Å²) >= 11 is 1.17. The fraction of sp³-hybridized carbons (Fsp3) is 0.292. The van der Waals surface area contributed by atoms with Crippen LogP contribution in [0.5, 0.6) is 5.75 Å². The van der Waals surface area contributed by atoms with Gasteiger partial charge in [-0.25, -0.2) is 0 Å². The molecule has 160 valence electrons. The van der Waals surface area contributed by atoms with Gasteiger partial charge in [-0.2, -0.15) is 5.26 Å². The van der Waals surface area contributed by atoms with Crippen molar-refractivity contribution >= 4 is 29.3 Å². The second-order valence-corrected chi connectivity index (χ2v) is 8.25. The number of nitrogens with one attached hydrogen (secondary N) is 2. The maximum Gasteiger partial charge on any atom is 0.234 e. The molecule has 2 aromatic rings. The topological polar surface area (TPSA) is 91.2 Å². The Morgan fingerprint density at radius 1 is 1.23 bits per heavy atom. The van der Waals surface area contributed by atoms with E-state index >= 15 is 0 Å². The van der Waals surface area contributed by atoms with Crippen LogP contribution >= 0.6 is 11.8 Å². The molecule has 0 aromatic heterocycles. The number of para-hydroxylation sites is 1. The molecule has 0 fully saturated rings. The lowest BCUT2D eigenvalue weighted by atomic mass is 9.87. The van der Waals surface area contributed by atoms with Crippen LogP contribution in [-0.2, 0) is 9.59 Å². The molecule has 0 bridgehead atoms. The summed E-state index contributed by atoms with van der Waals surface area (Å²) in [5.41, 5.74) is 4.10. The zero-order chi connectivity index (χ0) is 22.4. The quantitative estimate of drug-likeness (QED) is 0.672. The van der Waals surface area contributed by atoms with Crippen molar-refractivity contribution in [3.8, 4) is 11.8 Å². The molecule has 0 aliphatic carbocycles. The van der Waals surface area contributed by atoms with Gasteiger partial charge in [-0.15, -0.1) is 0 Å². The van der Waals surface area contributed by atoms with Gasteiger partial charge in [0.25, 0.3) is 0 Å². The second kappa shape index (κ2) is 10.2. The molecule has 2 aromatic carbocycles. The molecule has 3 rings (SSSR count). The monoisotopic (exact) mass is 435 g/mol. The lowest BCUT2D eigenvalue weighted by Gasteiger charge is -2.25. The molecule has 0 saturated heterocycles. The number of carbonyl (C=O) groups excluding carboxylic acids is 2. The van der Waals surface area contributed by atoms with Gasteiger partial charge < -0.3 is 15.4 Å². The number of carbonyl (C=O) groups is 2. The predicted molar refractivity (Wildman–Crippen MR) is 123 cm³/mol. The average molecular weight is 436 g/mol. The summed E-state index contributed by atoms with van der Waals surface area (Å²) < 4.78 is 5.47. The van der Waals surface area contributed by atoms with E-state index in [9.17, 15) is 14.9 Å². The summed E-state index contributed by atoms with van der Waals surface area (Å²) in [6.45, 7) is 6.36. The van der Waals surface area contributed by atoms with E-state index in [4.69, 9.17) is 4.74 Å². The van der Waals surface area contributed by atoms with Crippen molar-refractivity contribution in [1.82, 2.24) is 5.32 Å². The number of nitriles is 1. The van der Waals surface area contributed by atoms with Gasteiger partial charge in [0.15, 0.2) is 0 Å². The summed E-state index contributed by atoms with van der Waals surface area (Å²) in [6, 6.07) is 15.5. The highest BCUT2D eigenvalue weighted by Crippen LogP contribution is 2.36. The summed E-state index contributed by atoms with van der Waals surface area (Å²) in [6.07, 6.45) is 0.190. The van der Waals surface area contributed by atoms with Gasteiger partial charge in [0.05, 0.1) is 29.0 Å². The molecule has 1 heterocycles. The molecule has 31 heavy (non-hydrogen) atoms. The van der Waals surface area contributed by atoms with Crippen molar-refractivity contribution in [1.29, 1.82) is 5.26 Å². The molecule has 6 nitrogen and oxygen atoms in total. The SMILES string of the molecule is CCOc1ccc([C@@H]2CC(=O)NC(SCC(=O)Nc3c(C)cccc3C)=C2C#N)cc1. The average Bonchev–Trinajstić information content (AvgIpc) is 2.75. The van der Waals surface area contributed by atoms with E-state index < -0.39 is 0 Å². The molecule has 1 aliphatic rings. The van der Waals surface area contributed by atoms with Crippen molar-refractivity contribution in [2.45, 2.75) is 33.1 Å². The van der Waals surface area contributed by atoms with Crippen LogP contribution in [0.4, 0.5) is 5.69 Å². The Bertz CT molecular complexity index is 1030. The van der Waals surface area contributed by atoms with Crippen LogP contribution in [-0.4, -0.2) is 24.2 Å². The Kier molecular flexibility index (Phi) is 7.37. The van der Waals surface area contributed by atoms with Crippen LogP contribution in [0.1, 0.15) is 36.0 Å². The third-order valence-corrected chi connectivity index (χ3v) is 6.06. The minimum absolute atomic E-state index is 0.0879. The van der Waals surface area contributed by atoms with Crippen LogP contribution in [0.25, 0.3) is 0 Å². The highest BCUT2D eigenvalue weighted by Gasteiger charge is 2.30. The first-order valence-corrected chi connectivity index (χ1v) is 11.1. The summed E-state index contributed by atoms with van der Waals surface area (Å²) in [5, 5.41) is 15.9. The van der Waals surface area contributed by atoms with Crippen LogP contribution < -0.4 is 15.4 Å². The number of hydrogen-bond acceptors (Lipinski definition) is 5. The molecule has 1 aliphatic heterocycles. The van der Waals surface area contributed by atoms with Crippen molar-refractivity contribution in [3.63, 3.8) is 0 Å². The largest absolute Gasteiger partial charge is 0.494 e. The Balaban J connectivity index is 1.76. The van der Waals surface area contributed by atoms with Gasteiger partial charge in [0, 0.05) is 18.0 Å². The minimum atomic E-state index is -0.349. The molecule has 7 heteroatoms. The first kappa shape index (κ1) is 22.4. The van der Waals surface area contributed by atoms with E-state index in [1.165, 1.54) is 11.8 Å². The number of anilines is 1. The summed E-state index contributed by atoms with van der Waals surface area (Å²) in [5.74, 6) is 0.121. The number of thioether (sulfide) groups is 1. The third-order valence-electron chi connectivity index (χ3n) is 5.04. The number of benzene rings is 2. The zero-order valence-electron chi connectivity index (χ0n) is 17.8. The normalized spacial score (nSPS) is 15.8. The number of rotatable bonds is 7. The van der Waals surface area contributed by atoms with E-state index in [1.807, 2.05) is 63.2 Å². The Labute approximate surface area is 186 Å². The van der Waals surface area contributed by atoms with E-state index in [0.29, 0.717) is 17.2 Å². The maximum absolute atomic E-state index is 12.5. The molecule has 0 unspecified atom stereocenters. The van der Waals surface area contributed by atoms with Crippen LogP contribution in [0.15, 0.2) is 53.1 Å². The van der Waals surface area contributed by atoms with E-state index in [2.05, 4.69) is 16.7 Å². The molecule has 0 radical (unpaired) electrons. The highest BCUT2D eigenvalue weighted by molar-refractivity contribution is 8.03. The van der Waals surface area contributed by atoms with E-state index in [1.54, 1.807) is 0 Å². The Morgan fingerprint density at radius 3 is 2.52 bits per heavy atom. The first-order chi connectivity index (χ1) is 14.9. The summed E-state index contributed by atoms with van der Waals surface area (Å²) in [7, 11) is 0. The molecule has 1 atom stereocenters. The number of ether oxygens (including phenoxy) is 1. The van der Waals surface area contributed by atoms with E-state index in [0.717, 1.165) is 28.1 Å². The zero-order valence-corrected chi connectivity index (χ0v) is 18.6. The number of hydrogen-bond donors (Lipinski definition) is 2. The predicted octanol–water partition coefficient (Wildman–Crippen LogP) is 4.41. The summed E-state index contributed by atoms with van der Waals surface area (Å²) in [4.78, 5) is 24.8. The maximum atomic E-state index is 12.5. The van der Waals surface area contributed by atoms with Crippen LogP contribution in [0.3, 0.4) is 0 Å². The molecule has 2 N–H and O–H groups in total.